The molecule has 1 rings (SSSR count). The van der Waals surface area contributed by atoms with Gasteiger partial charge in [-0.05, 0) is 25.5 Å². The number of hydrogen-bond donors (Lipinski definition) is 2. The van der Waals surface area contributed by atoms with E-state index < -0.39 is 9.96 Å². The van der Waals surface area contributed by atoms with Crippen LogP contribution in [0.2, 0.25) is 0 Å². The zero-order valence-corrected chi connectivity index (χ0v) is 20.2. The number of carbonyl (C=O) groups excluding carboxylic acids is 1. The van der Waals surface area contributed by atoms with Crippen molar-refractivity contribution in [1.82, 2.24) is 5.32 Å². The lowest BCUT2D eigenvalue weighted by Crippen LogP contribution is -2.49. The number of alkyl halides is 3. The Hall–Kier alpha value is -0.640. The molecule has 0 heterocycles. The average molecular weight is 464 g/mol. The van der Waals surface area contributed by atoms with Crippen molar-refractivity contribution in [2.45, 2.75) is 101 Å². The molecule has 1 amide bonds. The third-order valence-electron chi connectivity index (χ3n) is 5.00. The molecular formula is C23H37Cl3N2O. The van der Waals surface area contributed by atoms with Gasteiger partial charge in [0.25, 0.3) is 0 Å². The van der Waals surface area contributed by atoms with Crippen LogP contribution in [0, 0.1) is 6.92 Å². The Bertz CT molecular complexity index is 558. The number of carbonyl (C=O) groups is 1. The van der Waals surface area contributed by atoms with Gasteiger partial charge in [-0.2, -0.15) is 0 Å². The van der Waals surface area contributed by atoms with Crippen LogP contribution in [0.5, 0.6) is 0 Å². The Morgan fingerprint density at radius 3 is 1.83 bits per heavy atom. The lowest BCUT2D eigenvalue weighted by Gasteiger charge is -2.27. The van der Waals surface area contributed by atoms with E-state index >= 15 is 0 Å². The number of unbranched alkanes of at least 4 members (excludes halogenated alkanes) is 10. The second kappa shape index (κ2) is 15.2. The molecule has 0 fully saturated rings. The average Bonchev–Trinajstić information content (AvgIpc) is 2.66. The van der Waals surface area contributed by atoms with Gasteiger partial charge in [0, 0.05) is 12.1 Å². The number of rotatable bonds is 15. The normalized spacial score (nSPS) is 12.6. The van der Waals surface area contributed by atoms with Crippen LogP contribution >= 0.6 is 34.8 Å². The molecule has 0 aliphatic carbocycles. The molecule has 1 aromatic rings. The van der Waals surface area contributed by atoms with Gasteiger partial charge in [-0.1, -0.05) is 124 Å². The summed E-state index contributed by atoms with van der Waals surface area (Å²) in [7, 11) is 0. The quantitative estimate of drug-likeness (QED) is 0.157. The van der Waals surface area contributed by atoms with Crippen molar-refractivity contribution < 1.29 is 4.79 Å². The maximum atomic E-state index is 12.3. The van der Waals surface area contributed by atoms with Crippen LogP contribution in [0.15, 0.2) is 24.3 Å². The van der Waals surface area contributed by atoms with Crippen molar-refractivity contribution in [1.29, 1.82) is 0 Å². The van der Waals surface area contributed by atoms with E-state index in [1.807, 2.05) is 31.2 Å². The van der Waals surface area contributed by atoms with Gasteiger partial charge in [0.1, 0.15) is 6.17 Å². The summed E-state index contributed by atoms with van der Waals surface area (Å²) >= 11 is 18.2. The molecule has 0 bridgehead atoms. The van der Waals surface area contributed by atoms with Crippen LogP contribution < -0.4 is 10.6 Å². The first-order valence-electron chi connectivity index (χ1n) is 11.0. The second-order valence-corrected chi connectivity index (χ2v) is 10.2. The van der Waals surface area contributed by atoms with E-state index in [0.29, 0.717) is 6.42 Å². The molecule has 0 aliphatic rings. The minimum Gasteiger partial charge on any atom is -0.362 e. The predicted molar refractivity (Wildman–Crippen MR) is 128 cm³/mol. The molecule has 6 heteroatoms. The van der Waals surface area contributed by atoms with Crippen molar-refractivity contribution in [3.63, 3.8) is 0 Å². The van der Waals surface area contributed by atoms with E-state index in [1.165, 1.54) is 57.8 Å². The fourth-order valence-electron chi connectivity index (χ4n) is 3.20. The van der Waals surface area contributed by atoms with Gasteiger partial charge in [0.2, 0.25) is 9.70 Å². The minimum atomic E-state index is -1.64. The summed E-state index contributed by atoms with van der Waals surface area (Å²) in [5.74, 6) is -0.100. The summed E-state index contributed by atoms with van der Waals surface area (Å²) < 4.78 is -1.64. The molecule has 0 radical (unpaired) electrons. The molecule has 0 spiro atoms. The summed E-state index contributed by atoms with van der Waals surface area (Å²) in [6.45, 7) is 4.25. The van der Waals surface area contributed by atoms with Gasteiger partial charge in [0.05, 0.1) is 0 Å². The third-order valence-corrected chi connectivity index (χ3v) is 5.66. The lowest BCUT2D eigenvalue weighted by molar-refractivity contribution is -0.121. The molecule has 0 aliphatic heterocycles. The van der Waals surface area contributed by atoms with Crippen molar-refractivity contribution >= 4 is 46.4 Å². The Morgan fingerprint density at radius 1 is 0.862 bits per heavy atom. The molecule has 1 aromatic carbocycles. The van der Waals surface area contributed by atoms with Gasteiger partial charge in [-0.3, -0.25) is 4.79 Å². The van der Waals surface area contributed by atoms with Gasteiger partial charge < -0.3 is 10.6 Å². The first-order chi connectivity index (χ1) is 13.8. The van der Waals surface area contributed by atoms with Crippen LogP contribution in [0.25, 0.3) is 0 Å². The largest absolute Gasteiger partial charge is 0.362 e. The monoisotopic (exact) mass is 462 g/mol. The van der Waals surface area contributed by atoms with Gasteiger partial charge in [-0.15, -0.1) is 0 Å². The molecule has 1 atom stereocenters. The summed E-state index contributed by atoms with van der Waals surface area (Å²) in [5, 5.41) is 5.90. The Balaban J connectivity index is 2.19. The van der Waals surface area contributed by atoms with Crippen molar-refractivity contribution in [2.75, 3.05) is 5.32 Å². The van der Waals surface area contributed by atoms with E-state index in [-0.39, 0.29) is 5.91 Å². The Kier molecular flexibility index (Phi) is 13.8. The van der Waals surface area contributed by atoms with Crippen LogP contribution in [-0.2, 0) is 4.79 Å². The summed E-state index contributed by atoms with van der Waals surface area (Å²) in [5.41, 5.74) is 1.93. The maximum absolute atomic E-state index is 12.3. The number of benzene rings is 1. The number of anilines is 1. The van der Waals surface area contributed by atoms with E-state index in [1.54, 1.807) is 0 Å². The van der Waals surface area contributed by atoms with Crippen molar-refractivity contribution in [3.8, 4) is 0 Å². The van der Waals surface area contributed by atoms with Crippen molar-refractivity contribution in [3.05, 3.63) is 29.8 Å². The Morgan fingerprint density at radius 2 is 1.34 bits per heavy atom. The van der Waals surface area contributed by atoms with Gasteiger partial charge in [0.15, 0.2) is 0 Å². The van der Waals surface area contributed by atoms with Crippen LogP contribution in [0.1, 0.15) is 89.5 Å². The number of aryl methyl sites for hydroxylation is 1. The number of hydrogen-bond acceptors (Lipinski definition) is 2. The fraction of sp³-hybridized carbons (Fsp3) is 0.696. The number of halogens is 3. The van der Waals surface area contributed by atoms with E-state index in [4.69, 9.17) is 34.8 Å². The summed E-state index contributed by atoms with van der Waals surface area (Å²) in [6.07, 6.45) is 13.4. The number of amides is 1. The third kappa shape index (κ3) is 13.3. The molecule has 29 heavy (non-hydrogen) atoms. The Labute approximate surface area is 192 Å². The maximum Gasteiger partial charge on any atom is 0.228 e. The van der Waals surface area contributed by atoms with Gasteiger partial charge in [-0.25, -0.2) is 0 Å². The topological polar surface area (TPSA) is 41.1 Å². The molecule has 2 N–H and O–H groups in total. The molecule has 0 saturated carbocycles. The molecule has 0 saturated heterocycles. The van der Waals surface area contributed by atoms with Crippen LogP contribution in [0.3, 0.4) is 0 Å². The summed E-state index contributed by atoms with van der Waals surface area (Å²) in [6, 6.07) is 7.72. The highest BCUT2D eigenvalue weighted by Gasteiger charge is 2.33. The van der Waals surface area contributed by atoms with Crippen LogP contribution in [0.4, 0.5) is 5.69 Å². The molecule has 166 valence electrons. The molecule has 3 nitrogen and oxygen atoms in total. The standard InChI is InChI=1S/C23H37Cl3N2O/c1-3-4-5-6-7-8-9-10-11-12-13-14-21(29)28-22(23(24,25)26)27-20-17-15-19(2)16-18-20/h15-18,22,27H,3-14H2,1-2H3,(H,28,29)/t22-/m1/s1. The van der Waals surface area contributed by atoms with E-state index in [9.17, 15) is 4.79 Å². The molecule has 0 unspecified atom stereocenters. The minimum absolute atomic E-state index is 0.100. The van der Waals surface area contributed by atoms with Gasteiger partial charge >= 0.3 is 0 Å². The summed E-state index contributed by atoms with van der Waals surface area (Å²) in [4.78, 5) is 12.3. The van der Waals surface area contributed by atoms with E-state index in [2.05, 4.69) is 17.6 Å². The zero-order valence-electron chi connectivity index (χ0n) is 17.9. The lowest BCUT2D eigenvalue weighted by atomic mass is 10.1. The van der Waals surface area contributed by atoms with Crippen LogP contribution in [-0.4, -0.2) is 15.9 Å². The molecule has 0 aromatic heterocycles. The predicted octanol–water partition coefficient (Wildman–Crippen LogP) is 7.92. The van der Waals surface area contributed by atoms with E-state index in [0.717, 1.165) is 24.1 Å². The smallest absolute Gasteiger partial charge is 0.228 e. The second-order valence-electron chi connectivity index (χ2n) is 7.84. The molecular weight excluding hydrogens is 427 g/mol. The fourth-order valence-corrected chi connectivity index (χ4v) is 3.53. The zero-order chi connectivity index (χ0) is 21.5. The first kappa shape index (κ1) is 26.4. The highest BCUT2D eigenvalue weighted by atomic mass is 35.6. The van der Waals surface area contributed by atoms with Crippen molar-refractivity contribution in [2.24, 2.45) is 0 Å². The highest BCUT2D eigenvalue weighted by molar-refractivity contribution is 6.68. The number of nitrogens with one attached hydrogen (secondary N) is 2. The highest BCUT2D eigenvalue weighted by Crippen LogP contribution is 2.31. The first-order valence-corrected chi connectivity index (χ1v) is 12.2. The SMILES string of the molecule is CCCCCCCCCCCCCC(=O)N[C@@H](Nc1ccc(C)cc1)C(Cl)(Cl)Cl.